The Labute approximate surface area is 200 Å². The van der Waals surface area contributed by atoms with Gasteiger partial charge in [0.15, 0.2) is 6.04 Å². The SMILES string of the molecule is O=C(O)C(c1ccccc1)N1C(=O)c2cc3ccccc3cc2NC(=O)C1c1ccc(Cl)cc1. The Bertz CT molecular complexity index is 1420. The summed E-state index contributed by atoms with van der Waals surface area (Å²) in [6.07, 6.45) is 0. The number of halogens is 1. The van der Waals surface area contributed by atoms with Gasteiger partial charge in [-0.15, -0.1) is 0 Å². The van der Waals surface area contributed by atoms with Crippen molar-refractivity contribution in [2.24, 2.45) is 0 Å². The van der Waals surface area contributed by atoms with E-state index in [-0.39, 0.29) is 5.56 Å². The van der Waals surface area contributed by atoms with E-state index in [1.807, 2.05) is 24.3 Å². The maximum Gasteiger partial charge on any atom is 0.331 e. The number of carboxylic acids is 1. The molecule has 0 radical (unpaired) electrons. The molecule has 6 nitrogen and oxygen atoms in total. The zero-order valence-electron chi connectivity index (χ0n) is 17.8. The smallest absolute Gasteiger partial charge is 0.331 e. The van der Waals surface area contributed by atoms with Crippen LogP contribution in [-0.2, 0) is 9.59 Å². The fourth-order valence-electron chi connectivity index (χ4n) is 4.39. The Morgan fingerprint density at radius 2 is 1.50 bits per heavy atom. The van der Waals surface area contributed by atoms with Gasteiger partial charge in [0, 0.05) is 5.02 Å². The van der Waals surface area contributed by atoms with Crippen molar-refractivity contribution >= 4 is 45.8 Å². The van der Waals surface area contributed by atoms with Crippen LogP contribution in [0.1, 0.15) is 33.6 Å². The molecule has 0 spiro atoms. The van der Waals surface area contributed by atoms with Gasteiger partial charge in [0.2, 0.25) is 0 Å². The first-order valence-corrected chi connectivity index (χ1v) is 11.0. The lowest BCUT2D eigenvalue weighted by atomic mass is 9.97. The van der Waals surface area contributed by atoms with E-state index in [0.29, 0.717) is 21.8 Å². The van der Waals surface area contributed by atoms with Gasteiger partial charge in [-0.05, 0) is 46.2 Å². The number of aliphatic carboxylic acids is 1. The van der Waals surface area contributed by atoms with E-state index in [9.17, 15) is 19.5 Å². The molecule has 0 aliphatic carbocycles. The highest BCUT2D eigenvalue weighted by Gasteiger charge is 2.43. The van der Waals surface area contributed by atoms with Crippen molar-refractivity contribution in [1.29, 1.82) is 0 Å². The van der Waals surface area contributed by atoms with E-state index in [2.05, 4.69) is 5.32 Å². The summed E-state index contributed by atoms with van der Waals surface area (Å²) in [5.74, 6) is -2.31. The van der Waals surface area contributed by atoms with Gasteiger partial charge in [0.25, 0.3) is 11.8 Å². The molecule has 1 aliphatic heterocycles. The van der Waals surface area contributed by atoms with Gasteiger partial charge >= 0.3 is 5.97 Å². The van der Waals surface area contributed by atoms with Crippen molar-refractivity contribution in [3.05, 3.63) is 113 Å². The molecular weight excluding hydrogens is 452 g/mol. The zero-order chi connectivity index (χ0) is 23.8. The standard InChI is InChI=1S/C27H19ClN2O4/c28-20-12-10-17(11-13-20)23-25(31)29-22-15-19-9-5-4-8-18(19)14-21(22)26(32)30(23)24(27(33)34)16-6-2-1-3-7-16/h1-15,23-24H,(H,29,31)(H,33,34). The van der Waals surface area contributed by atoms with Crippen molar-refractivity contribution in [2.75, 3.05) is 5.32 Å². The van der Waals surface area contributed by atoms with Crippen molar-refractivity contribution in [3.8, 4) is 0 Å². The first kappa shape index (κ1) is 21.7. The number of hydrogen-bond donors (Lipinski definition) is 2. The number of carbonyl (C=O) groups excluding carboxylic acids is 2. The first-order valence-electron chi connectivity index (χ1n) is 10.6. The first-order chi connectivity index (χ1) is 16.4. The predicted molar refractivity (Wildman–Crippen MR) is 130 cm³/mol. The van der Waals surface area contributed by atoms with Crippen LogP contribution in [-0.4, -0.2) is 27.8 Å². The molecule has 2 atom stereocenters. The minimum Gasteiger partial charge on any atom is -0.479 e. The summed E-state index contributed by atoms with van der Waals surface area (Å²) in [7, 11) is 0. The monoisotopic (exact) mass is 470 g/mol. The van der Waals surface area contributed by atoms with Gasteiger partial charge in [-0.2, -0.15) is 0 Å². The molecule has 0 saturated carbocycles. The topological polar surface area (TPSA) is 86.7 Å². The summed E-state index contributed by atoms with van der Waals surface area (Å²) in [6, 6.07) is 23.2. The molecule has 4 aromatic carbocycles. The molecule has 0 saturated heterocycles. The number of nitrogens with one attached hydrogen (secondary N) is 1. The van der Waals surface area contributed by atoms with Crippen LogP contribution in [0.2, 0.25) is 5.02 Å². The molecular formula is C27H19ClN2O4. The van der Waals surface area contributed by atoms with E-state index in [1.54, 1.807) is 66.7 Å². The van der Waals surface area contributed by atoms with E-state index >= 15 is 0 Å². The number of fused-ring (bicyclic) bond motifs is 2. The molecule has 1 heterocycles. The molecule has 0 aromatic heterocycles. The highest BCUT2D eigenvalue weighted by Crippen LogP contribution is 2.39. The van der Waals surface area contributed by atoms with Crippen LogP contribution >= 0.6 is 11.6 Å². The summed E-state index contributed by atoms with van der Waals surface area (Å²) >= 11 is 6.05. The van der Waals surface area contributed by atoms with Crippen LogP contribution < -0.4 is 5.32 Å². The average molecular weight is 471 g/mol. The molecule has 168 valence electrons. The second-order valence-corrected chi connectivity index (χ2v) is 8.49. The molecule has 4 aromatic rings. The highest BCUT2D eigenvalue weighted by atomic mass is 35.5. The number of amides is 2. The number of anilines is 1. The molecule has 34 heavy (non-hydrogen) atoms. The lowest BCUT2D eigenvalue weighted by molar-refractivity contribution is -0.144. The summed E-state index contributed by atoms with van der Waals surface area (Å²) in [5.41, 5.74) is 1.41. The third-order valence-corrected chi connectivity index (χ3v) is 6.20. The van der Waals surface area contributed by atoms with Gasteiger partial charge in [-0.3, -0.25) is 9.59 Å². The minimum absolute atomic E-state index is 0.227. The third kappa shape index (κ3) is 3.78. The third-order valence-electron chi connectivity index (χ3n) is 5.95. The number of benzene rings is 4. The molecule has 2 N–H and O–H groups in total. The number of nitrogens with zero attached hydrogens (tertiary/aromatic N) is 1. The number of rotatable bonds is 4. The summed E-state index contributed by atoms with van der Waals surface area (Å²) in [4.78, 5) is 41.3. The van der Waals surface area contributed by atoms with Crippen molar-refractivity contribution < 1.29 is 19.5 Å². The second-order valence-electron chi connectivity index (χ2n) is 8.05. The van der Waals surface area contributed by atoms with Gasteiger partial charge in [-0.25, -0.2) is 4.79 Å². The molecule has 1 aliphatic rings. The highest BCUT2D eigenvalue weighted by molar-refractivity contribution is 6.30. The Morgan fingerprint density at radius 1 is 0.882 bits per heavy atom. The number of hydrogen-bond acceptors (Lipinski definition) is 3. The van der Waals surface area contributed by atoms with Crippen molar-refractivity contribution in [2.45, 2.75) is 12.1 Å². The molecule has 2 unspecified atom stereocenters. The van der Waals surface area contributed by atoms with Crippen LogP contribution in [0.4, 0.5) is 5.69 Å². The maximum atomic E-state index is 14.0. The van der Waals surface area contributed by atoms with E-state index in [1.165, 1.54) is 0 Å². The fraction of sp³-hybridized carbons (Fsp3) is 0.0741. The summed E-state index contributed by atoms with van der Waals surface area (Å²) in [5, 5.41) is 15.2. The molecule has 0 fully saturated rings. The number of carbonyl (C=O) groups is 3. The molecule has 0 bridgehead atoms. The van der Waals surface area contributed by atoms with Crippen LogP contribution in [0.25, 0.3) is 10.8 Å². The Kier molecular flexibility index (Phi) is 5.51. The fourth-order valence-corrected chi connectivity index (χ4v) is 4.51. The lowest BCUT2D eigenvalue weighted by Gasteiger charge is -2.34. The van der Waals surface area contributed by atoms with Crippen molar-refractivity contribution in [3.63, 3.8) is 0 Å². The molecule has 7 heteroatoms. The lowest BCUT2D eigenvalue weighted by Crippen LogP contribution is -2.44. The van der Waals surface area contributed by atoms with E-state index in [0.717, 1.165) is 15.7 Å². The van der Waals surface area contributed by atoms with E-state index in [4.69, 9.17) is 11.6 Å². The van der Waals surface area contributed by atoms with Gasteiger partial charge in [0.05, 0.1) is 11.3 Å². The van der Waals surface area contributed by atoms with Crippen LogP contribution in [0.5, 0.6) is 0 Å². The minimum atomic E-state index is -1.39. The average Bonchev–Trinajstić information content (AvgIpc) is 2.93. The normalized spacial score (nSPS) is 16.5. The molecule has 5 rings (SSSR count). The summed E-state index contributed by atoms with van der Waals surface area (Å²) in [6.45, 7) is 0. The predicted octanol–water partition coefficient (Wildman–Crippen LogP) is 5.45. The second kappa shape index (κ2) is 8.65. The van der Waals surface area contributed by atoms with Crippen LogP contribution in [0, 0.1) is 0 Å². The van der Waals surface area contributed by atoms with Crippen LogP contribution in [0.3, 0.4) is 0 Å². The zero-order valence-corrected chi connectivity index (χ0v) is 18.6. The number of carboxylic acid groups (broad SMARTS) is 1. The van der Waals surface area contributed by atoms with Gasteiger partial charge < -0.3 is 15.3 Å². The quantitative estimate of drug-likeness (QED) is 0.415. The van der Waals surface area contributed by atoms with Crippen molar-refractivity contribution in [1.82, 2.24) is 4.90 Å². The molecule has 2 amide bonds. The van der Waals surface area contributed by atoms with Gasteiger partial charge in [0.1, 0.15) is 6.04 Å². The van der Waals surface area contributed by atoms with E-state index < -0.39 is 29.9 Å². The Morgan fingerprint density at radius 3 is 2.15 bits per heavy atom. The van der Waals surface area contributed by atoms with Crippen LogP contribution in [0.15, 0.2) is 91.0 Å². The maximum absolute atomic E-state index is 14.0. The van der Waals surface area contributed by atoms with Gasteiger partial charge in [-0.1, -0.05) is 78.3 Å². The largest absolute Gasteiger partial charge is 0.479 e. The Balaban J connectivity index is 1.76. The summed E-state index contributed by atoms with van der Waals surface area (Å²) < 4.78 is 0. The Hall–Kier alpha value is -4.16.